The number of nitrogens with zero attached hydrogens (tertiary/aromatic N) is 1. The average Bonchev–Trinajstić information content (AvgIpc) is 3.32. The smallest absolute Gasteiger partial charge is 0.314 e. The second-order valence-electron chi connectivity index (χ2n) is 6.98. The highest BCUT2D eigenvalue weighted by Crippen LogP contribution is 2.37. The van der Waals surface area contributed by atoms with Gasteiger partial charge in [0.05, 0.1) is 0 Å². The predicted molar refractivity (Wildman–Crippen MR) is 105 cm³/mol. The molecule has 146 valence electrons. The van der Waals surface area contributed by atoms with Crippen molar-refractivity contribution in [2.45, 2.75) is 12.8 Å². The molecular formula is C21H23N3O4. The first-order chi connectivity index (χ1) is 13.7. The van der Waals surface area contributed by atoms with Gasteiger partial charge in [-0.3, -0.25) is 4.79 Å². The van der Waals surface area contributed by atoms with E-state index in [4.69, 9.17) is 9.47 Å². The summed E-state index contributed by atoms with van der Waals surface area (Å²) in [5.74, 6) is 1.48. The van der Waals surface area contributed by atoms with Crippen molar-refractivity contribution in [2.75, 3.05) is 31.3 Å². The van der Waals surface area contributed by atoms with E-state index in [1.807, 2.05) is 48.5 Å². The lowest BCUT2D eigenvalue weighted by atomic mass is 10.1. The number of fused-ring (bicyclic) bond motifs is 1. The van der Waals surface area contributed by atoms with Gasteiger partial charge in [-0.05, 0) is 24.1 Å². The highest BCUT2D eigenvalue weighted by molar-refractivity contribution is 5.96. The number of benzene rings is 2. The summed E-state index contributed by atoms with van der Waals surface area (Å²) in [7, 11) is 0. The quantitative estimate of drug-likeness (QED) is 0.805. The Bertz CT molecular complexity index is 856. The number of hydrogen-bond donors (Lipinski definition) is 2. The van der Waals surface area contributed by atoms with Gasteiger partial charge in [-0.1, -0.05) is 30.3 Å². The van der Waals surface area contributed by atoms with E-state index in [0.29, 0.717) is 37.6 Å². The lowest BCUT2D eigenvalue weighted by molar-refractivity contribution is -0.117. The van der Waals surface area contributed by atoms with E-state index < -0.39 is 0 Å². The summed E-state index contributed by atoms with van der Waals surface area (Å²) in [4.78, 5) is 26.1. The topological polar surface area (TPSA) is 79.9 Å². The van der Waals surface area contributed by atoms with E-state index in [1.165, 1.54) is 5.56 Å². The number of amides is 3. The second-order valence-corrected chi connectivity index (χ2v) is 6.98. The van der Waals surface area contributed by atoms with E-state index in [2.05, 4.69) is 10.6 Å². The van der Waals surface area contributed by atoms with Gasteiger partial charge >= 0.3 is 6.03 Å². The van der Waals surface area contributed by atoms with Crippen molar-refractivity contribution < 1.29 is 19.1 Å². The van der Waals surface area contributed by atoms with Crippen molar-refractivity contribution in [3.63, 3.8) is 0 Å². The van der Waals surface area contributed by atoms with Crippen LogP contribution in [0.15, 0.2) is 48.5 Å². The third-order valence-electron chi connectivity index (χ3n) is 4.97. The lowest BCUT2D eigenvalue weighted by Gasteiger charge is -2.17. The molecule has 0 unspecified atom stereocenters. The largest absolute Gasteiger partial charge is 0.454 e. The molecule has 1 saturated heterocycles. The third kappa shape index (κ3) is 4.19. The van der Waals surface area contributed by atoms with Gasteiger partial charge in [-0.2, -0.15) is 0 Å². The van der Waals surface area contributed by atoms with E-state index in [-0.39, 0.29) is 24.6 Å². The van der Waals surface area contributed by atoms with Crippen LogP contribution >= 0.6 is 0 Å². The minimum Gasteiger partial charge on any atom is -0.454 e. The standard InChI is InChI=1S/C21H23N3O4/c25-20-10-16(12-23-21(26)22-9-8-15-4-2-1-3-5-15)13-24(20)17-6-7-18-19(11-17)28-14-27-18/h1-7,11,16H,8-10,12-14H2,(H2,22,23,26)/t16-/m0/s1. The Hall–Kier alpha value is -3.22. The molecule has 7 nitrogen and oxygen atoms in total. The number of carbonyl (C=O) groups is 2. The van der Waals surface area contributed by atoms with Crippen LogP contribution in [0.5, 0.6) is 11.5 Å². The Morgan fingerprint density at radius 1 is 1.07 bits per heavy atom. The molecule has 2 heterocycles. The Morgan fingerprint density at radius 3 is 2.75 bits per heavy atom. The lowest BCUT2D eigenvalue weighted by Crippen LogP contribution is -2.39. The molecule has 4 rings (SSSR count). The molecule has 2 aliphatic rings. The van der Waals surface area contributed by atoms with Crippen molar-refractivity contribution in [3.05, 3.63) is 54.1 Å². The summed E-state index contributed by atoms with van der Waals surface area (Å²) in [6, 6.07) is 15.3. The second kappa shape index (κ2) is 8.21. The van der Waals surface area contributed by atoms with Gasteiger partial charge in [0.1, 0.15) is 0 Å². The van der Waals surface area contributed by atoms with E-state index in [9.17, 15) is 9.59 Å². The summed E-state index contributed by atoms with van der Waals surface area (Å²) in [6.07, 6.45) is 1.20. The number of hydrogen-bond acceptors (Lipinski definition) is 4. The summed E-state index contributed by atoms with van der Waals surface area (Å²) < 4.78 is 10.7. The molecule has 2 aromatic carbocycles. The van der Waals surface area contributed by atoms with Crippen LogP contribution in [0.4, 0.5) is 10.5 Å². The zero-order chi connectivity index (χ0) is 19.3. The molecule has 2 aromatic rings. The minimum atomic E-state index is -0.204. The molecule has 0 aliphatic carbocycles. The molecule has 28 heavy (non-hydrogen) atoms. The highest BCUT2D eigenvalue weighted by atomic mass is 16.7. The number of rotatable bonds is 6. The number of nitrogens with one attached hydrogen (secondary N) is 2. The Morgan fingerprint density at radius 2 is 1.89 bits per heavy atom. The Balaban J connectivity index is 1.23. The van der Waals surface area contributed by atoms with Crippen LogP contribution in [0, 0.1) is 5.92 Å². The normalized spacial score (nSPS) is 17.6. The van der Waals surface area contributed by atoms with Gasteiger partial charge in [0.15, 0.2) is 11.5 Å². The summed E-state index contributed by atoms with van der Waals surface area (Å²) in [5, 5.41) is 5.73. The molecule has 0 radical (unpaired) electrons. The van der Waals surface area contributed by atoms with Gasteiger partial charge in [0, 0.05) is 43.7 Å². The Labute approximate surface area is 163 Å². The van der Waals surface area contributed by atoms with Crippen LogP contribution < -0.4 is 25.0 Å². The molecule has 0 bridgehead atoms. The van der Waals surface area contributed by atoms with E-state index >= 15 is 0 Å². The fourth-order valence-corrected chi connectivity index (χ4v) is 3.49. The molecule has 0 saturated carbocycles. The van der Waals surface area contributed by atoms with Crippen molar-refractivity contribution in [1.29, 1.82) is 0 Å². The molecule has 2 N–H and O–H groups in total. The zero-order valence-electron chi connectivity index (χ0n) is 15.5. The van der Waals surface area contributed by atoms with Gasteiger partial charge in [-0.25, -0.2) is 4.79 Å². The minimum absolute atomic E-state index is 0.0511. The van der Waals surface area contributed by atoms with Gasteiger partial charge in [0.2, 0.25) is 12.7 Å². The molecule has 0 spiro atoms. The summed E-state index contributed by atoms with van der Waals surface area (Å²) >= 11 is 0. The van der Waals surface area contributed by atoms with Crippen LogP contribution in [0.2, 0.25) is 0 Å². The first-order valence-electron chi connectivity index (χ1n) is 9.44. The van der Waals surface area contributed by atoms with Crippen molar-refractivity contribution in [1.82, 2.24) is 10.6 Å². The van der Waals surface area contributed by atoms with Gasteiger partial charge in [0.25, 0.3) is 0 Å². The molecular weight excluding hydrogens is 358 g/mol. The molecule has 1 atom stereocenters. The number of urea groups is 1. The van der Waals surface area contributed by atoms with Crippen LogP contribution in [0.1, 0.15) is 12.0 Å². The van der Waals surface area contributed by atoms with Gasteiger partial charge in [-0.15, -0.1) is 0 Å². The maximum Gasteiger partial charge on any atom is 0.314 e. The van der Waals surface area contributed by atoms with Crippen LogP contribution in [0.25, 0.3) is 0 Å². The van der Waals surface area contributed by atoms with E-state index in [0.717, 1.165) is 12.1 Å². The van der Waals surface area contributed by atoms with Crippen LogP contribution in [0.3, 0.4) is 0 Å². The maximum absolute atomic E-state index is 12.4. The summed E-state index contributed by atoms with van der Waals surface area (Å²) in [5.41, 5.74) is 1.98. The average molecular weight is 381 g/mol. The number of carbonyl (C=O) groups excluding carboxylic acids is 2. The maximum atomic E-state index is 12.4. The first-order valence-corrected chi connectivity index (χ1v) is 9.44. The van der Waals surface area contributed by atoms with Gasteiger partial charge < -0.3 is 25.0 Å². The summed E-state index contributed by atoms with van der Waals surface area (Å²) in [6.45, 7) is 1.81. The van der Waals surface area contributed by atoms with Crippen molar-refractivity contribution in [3.8, 4) is 11.5 Å². The third-order valence-corrected chi connectivity index (χ3v) is 4.97. The van der Waals surface area contributed by atoms with Crippen LogP contribution in [-0.4, -0.2) is 38.4 Å². The zero-order valence-corrected chi connectivity index (χ0v) is 15.5. The number of anilines is 1. The van der Waals surface area contributed by atoms with Crippen molar-refractivity contribution >= 4 is 17.6 Å². The van der Waals surface area contributed by atoms with Crippen molar-refractivity contribution in [2.24, 2.45) is 5.92 Å². The monoisotopic (exact) mass is 381 g/mol. The highest BCUT2D eigenvalue weighted by Gasteiger charge is 2.31. The molecule has 0 aromatic heterocycles. The number of ether oxygens (including phenoxy) is 2. The Kier molecular flexibility index (Phi) is 5.32. The predicted octanol–water partition coefficient (Wildman–Crippen LogP) is 2.31. The van der Waals surface area contributed by atoms with Crippen LogP contribution in [-0.2, 0) is 11.2 Å². The fraction of sp³-hybridized carbons (Fsp3) is 0.333. The molecule has 1 fully saturated rings. The molecule has 3 amide bonds. The first kappa shape index (κ1) is 18.2. The molecule has 7 heteroatoms. The molecule has 2 aliphatic heterocycles. The SMILES string of the molecule is O=C(NCCc1ccccc1)NC[C@@H]1CC(=O)N(c2ccc3c(c2)OCO3)C1. The fourth-order valence-electron chi connectivity index (χ4n) is 3.49. The van der Waals surface area contributed by atoms with E-state index in [1.54, 1.807) is 4.90 Å².